The van der Waals surface area contributed by atoms with E-state index in [0.29, 0.717) is 30.3 Å². The second-order valence-electron chi connectivity index (χ2n) is 9.64. The number of nitrogens with one attached hydrogen (secondary N) is 1. The third-order valence-corrected chi connectivity index (χ3v) is 6.24. The molecule has 3 aliphatic heterocycles. The van der Waals surface area contributed by atoms with E-state index >= 15 is 0 Å². The first kappa shape index (κ1) is 23.0. The molecule has 2 atom stereocenters. The van der Waals surface area contributed by atoms with Crippen LogP contribution < -0.4 is 14.8 Å². The monoisotopic (exact) mass is 480 g/mol. The Labute approximate surface area is 194 Å². The SMILES string of the molecule is CC1(C)CN(CC2Cn3nc(C(=O)N[C@H]4COc5ccc(C(F)(F)F)cc5C4)cc3O2)CCO1. The molecule has 1 aromatic carbocycles. The van der Waals surface area contributed by atoms with E-state index in [1.807, 2.05) is 0 Å². The summed E-state index contributed by atoms with van der Waals surface area (Å²) < 4.78 is 58.0. The van der Waals surface area contributed by atoms with Crippen molar-refractivity contribution >= 4 is 5.91 Å². The highest BCUT2D eigenvalue weighted by Gasteiger charge is 2.34. The first-order valence-electron chi connectivity index (χ1n) is 11.3. The van der Waals surface area contributed by atoms with Crippen LogP contribution in [0.1, 0.15) is 35.5 Å². The van der Waals surface area contributed by atoms with E-state index in [1.165, 1.54) is 6.07 Å². The van der Waals surface area contributed by atoms with E-state index in [4.69, 9.17) is 14.2 Å². The van der Waals surface area contributed by atoms with Gasteiger partial charge in [-0.2, -0.15) is 18.3 Å². The minimum atomic E-state index is -4.43. The number of aromatic nitrogens is 2. The van der Waals surface area contributed by atoms with Crippen LogP contribution in [0.25, 0.3) is 0 Å². The molecule has 0 saturated carbocycles. The normalized spacial score (nSPS) is 24.0. The Bertz CT molecular complexity index is 1060. The van der Waals surface area contributed by atoms with Gasteiger partial charge in [0.05, 0.1) is 30.4 Å². The molecule has 3 aliphatic rings. The van der Waals surface area contributed by atoms with Crippen LogP contribution in [0.4, 0.5) is 13.2 Å². The molecule has 0 bridgehead atoms. The summed E-state index contributed by atoms with van der Waals surface area (Å²) in [4.78, 5) is 15.0. The summed E-state index contributed by atoms with van der Waals surface area (Å²) >= 11 is 0. The fourth-order valence-electron chi connectivity index (χ4n) is 4.71. The van der Waals surface area contributed by atoms with Crippen molar-refractivity contribution in [3.63, 3.8) is 0 Å². The molecule has 0 radical (unpaired) electrons. The van der Waals surface area contributed by atoms with Crippen LogP contribution in [0.5, 0.6) is 11.6 Å². The maximum atomic E-state index is 13.0. The molecule has 11 heteroatoms. The first-order valence-corrected chi connectivity index (χ1v) is 11.3. The molecule has 5 rings (SSSR count). The third-order valence-electron chi connectivity index (χ3n) is 6.24. The number of carbonyl (C=O) groups excluding carboxylic acids is 1. The lowest BCUT2D eigenvalue weighted by Gasteiger charge is -2.38. The number of halogens is 3. The first-order chi connectivity index (χ1) is 16.1. The number of nitrogens with zero attached hydrogens (tertiary/aromatic N) is 3. The predicted octanol–water partition coefficient (Wildman–Crippen LogP) is 2.51. The zero-order chi connectivity index (χ0) is 24.1. The molecule has 1 saturated heterocycles. The van der Waals surface area contributed by atoms with Gasteiger partial charge in [0.1, 0.15) is 18.5 Å². The highest BCUT2D eigenvalue weighted by atomic mass is 19.4. The highest BCUT2D eigenvalue weighted by Crippen LogP contribution is 2.34. The number of hydrogen-bond acceptors (Lipinski definition) is 6. The van der Waals surface area contributed by atoms with Crippen LogP contribution in [0.3, 0.4) is 0 Å². The topological polar surface area (TPSA) is 77.9 Å². The van der Waals surface area contributed by atoms with Crippen molar-refractivity contribution in [2.24, 2.45) is 0 Å². The molecule has 1 aromatic heterocycles. The van der Waals surface area contributed by atoms with Gasteiger partial charge in [-0.3, -0.25) is 9.69 Å². The van der Waals surface area contributed by atoms with Crippen LogP contribution in [0.15, 0.2) is 24.3 Å². The van der Waals surface area contributed by atoms with Gasteiger partial charge in [0.25, 0.3) is 5.91 Å². The van der Waals surface area contributed by atoms with Crippen molar-refractivity contribution in [2.75, 3.05) is 32.8 Å². The number of ether oxygens (including phenoxy) is 3. The van der Waals surface area contributed by atoms with Crippen LogP contribution in [-0.4, -0.2) is 71.2 Å². The quantitative estimate of drug-likeness (QED) is 0.725. The lowest BCUT2D eigenvalue weighted by Crippen LogP contribution is -2.51. The Balaban J connectivity index is 1.17. The van der Waals surface area contributed by atoms with Crippen molar-refractivity contribution in [1.29, 1.82) is 0 Å². The Kier molecular flexibility index (Phi) is 5.71. The summed E-state index contributed by atoms with van der Waals surface area (Å²) in [5.74, 6) is 0.520. The van der Waals surface area contributed by atoms with Crippen molar-refractivity contribution in [3.05, 3.63) is 41.1 Å². The number of carbonyl (C=O) groups is 1. The molecule has 1 N–H and O–H groups in total. The fraction of sp³-hybridized carbons (Fsp3) is 0.565. The van der Waals surface area contributed by atoms with E-state index in [1.54, 1.807) is 10.7 Å². The van der Waals surface area contributed by atoms with Crippen LogP contribution in [0.2, 0.25) is 0 Å². The summed E-state index contributed by atoms with van der Waals surface area (Å²) in [6, 6.07) is 4.53. The lowest BCUT2D eigenvalue weighted by atomic mass is 10.00. The van der Waals surface area contributed by atoms with E-state index in [-0.39, 0.29) is 30.4 Å². The molecule has 1 amide bonds. The average Bonchev–Trinajstić information content (AvgIpc) is 3.30. The maximum absolute atomic E-state index is 13.0. The second kappa shape index (κ2) is 8.46. The molecular formula is C23H27F3N4O4. The summed E-state index contributed by atoms with van der Waals surface area (Å²) in [6.45, 7) is 7.94. The number of benzene rings is 1. The molecule has 184 valence electrons. The molecule has 1 unspecified atom stereocenters. The third kappa shape index (κ3) is 4.85. The summed E-state index contributed by atoms with van der Waals surface area (Å²) in [7, 11) is 0. The van der Waals surface area contributed by atoms with Gasteiger partial charge in [-0.15, -0.1) is 0 Å². The van der Waals surface area contributed by atoms with E-state index in [9.17, 15) is 18.0 Å². The number of fused-ring (bicyclic) bond motifs is 2. The molecule has 34 heavy (non-hydrogen) atoms. The molecule has 1 fully saturated rings. The Morgan fingerprint density at radius 2 is 2.12 bits per heavy atom. The van der Waals surface area contributed by atoms with Gasteiger partial charge in [-0.1, -0.05) is 0 Å². The summed E-state index contributed by atoms with van der Waals surface area (Å²) in [5, 5.41) is 7.18. The van der Waals surface area contributed by atoms with Crippen molar-refractivity contribution in [3.8, 4) is 11.6 Å². The van der Waals surface area contributed by atoms with Crippen molar-refractivity contribution in [2.45, 2.75) is 50.7 Å². The van der Waals surface area contributed by atoms with Gasteiger partial charge >= 0.3 is 6.18 Å². The van der Waals surface area contributed by atoms with Crippen molar-refractivity contribution in [1.82, 2.24) is 20.0 Å². The largest absolute Gasteiger partial charge is 0.491 e. The van der Waals surface area contributed by atoms with E-state index in [2.05, 4.69) is 29.2 Å². The Morgan fingerprint density at radius 1 is 1.29 bits per heavy atom. The zero-order valence-electron chi connectivity index (χ0n) is 19.0. The minimum absolute atomic E-state index is 0.0559. The lowest BCUT2D eigenvalue weighted by molar-refractivity contribution is -0.137. The average molecular weight is 480 g/mol. The molecular weight excluding hydrogens is 453 g/mol. The number of hydrogen-bond donors (Lipinski definition) is 1. The molecule has 8 nitrogen and oxygen atoms in total. The Hall–Kier alpha value is -2.79. The summed E-state index contributed by atoms with van der Waals surface area (Å²) in [6.07, 6.45) is -4.25. The van der Waals surface area contributed by atoms with Gasteiger partial charge in [0, 0.05) is 25.7 Å². The van der Waals surface area contributed by atoms with Gasteiger partial charge in [-0.05, 0) is 44.0 Å². The molecule has 4 heterocycles. The fourth-order valence-corrected chi connectivity index (χ4v) is 4.71. The standard InChI is InChI=1S/C23H27F3N4O4/c1-22(2)13-29(5-6-33-22)10-17-11-30-20(34-17)9-18(28-30)21(31)27-16-8-14-7-15(23(24,25)26)3-4-19(14)32-12-16/h3-4,7,9,16-17H,5-6,8,10-13H2,1-2H3,(H,27,31)/t16-,17?/m1/s1. The van der Waals surface area contributed by atoms with Crippen LogP contribution in [-0.2, 0) is 23.9 Å². The van der Waals surface area contributed by atoms with Gasteiger partial charge in [-0.25, -0.2) is 4.68 Å². The van der Waals surface area contributed by atoms with Crippen LogP contribution in [0, 0.1) is 0 Å². The van der Waals surface area contributed by atoms with Crippen molar-refractivity contribution < 1.29 is 32.2 Å². The minimum Gasteiger partial charge on any atom is -0.491 e. The number of amides is 1. The maximum Gasteiger partial charge on any atom is 0.416 e. The summed E-state index contributed by atoms with van der Waals surface area (Å²) in [5.41, 5.74) is -0.306. The second-order valence-corrected chi connectivity index (χ2v) is 9.64. The number of rotatable bonds is 4. The molecule has 0 aliphatic carbocycles. The van der Waals surface area contributed by atoms with Gasteiger partial charge in [0.2, 0.25) is 5.88 Å². The van der Waals surface area contributed by atoms with E-state index in [0.717, 1.165) is 31.8 Å². The zero-order valence-corrected chi connectivity index (χ0v) is 19.0. The Morgan fingerprint density at radius 3 is 2.85 bits per heavy atom. The van der Waals surface area contributed by atoms with Gasteiger partial charge in [0.15, 0.2) is 5.69 Å². The number of morpholine rings is 1. The number of alkyl halides is 3. The van der Waals surface area contributed by atoms with Gasteiger partial charge < -0.3 is 19.5 Å². The molecule has 0 spiro atoms. The predicted molar refractivity (Wildman–Crippen MR) is 115 cm³/mol. The van der Waals surface area contributed by atoms with Crippen LogP contribution >= 0.6 is 0 Å². The van der Waals surface area contributed by atoms with E-state index < -0.39 is 23.7 Å². The molecule has 2 aromatic rings. The highest BCUT2D eigenvalue weighted by molar-refractivity contribution is 5.92. The smallest absolute Gasteiger partial charge is 0.416 e.